The van der Waals surface area contributed by atoms with E-state index in [0.717, 1.165) is 19.3 Å². The maximum atomic E-state index is 13.0. The fourth-order valence-electron chi connectivity index (χ4n) is 3.27. The van der Waals surface area contributed by atoms with Crippen molar-refractivity contribution in [1.82, 2.24) is 9.62 Å². The van der Waals surface area contributed by atoms with E-state index in [2.05, 4.69) is 5.32 Å². The largest absolute Gasteiger partial charge is 0.480 e. The van der Waals surface area contributed by atoms with E-state index in [1.54, 1.807) is 6.92 Å². The summed E-state index contributed by atoms with van der Waals surface area (Å²) in [5.74, 6) is -1.94. The van der Waals surface area contributed by atoms with E-state index < -0.39 is 27.9 Å². The Morgan fingerprint density at radius 2 is 2.04 bits per heavy atom. The lowest BCUT2D eigenvalue weighted by Gasteiger charge is -2.32. The average molecular weight is 397 g/mol. The van der Waals surface area contributed by atoms with Crippen molar-refractivity contribution in [2.75, 3.05) is 6.54 Å². The van der Waals surface area contributed by atoms with Gasteiger partial charge in [-0.25, -0.2) is 13.2 Å². The molecule has 2 rings (SSSR count). The second-order valence-electron chi connectivity index (χ2n) is 7.16. The number of piperidine rings is 1. The van der Waals surface area contributed by atoms with Gasteiger partial charge in [-0.3, -0.25) is 4.79 Å². The summed E-state index contributed by atoms with van der Waals surface area (Å²) in [5.41, 5.74) is 0.135. The first-order valence-corrected chi connectivity index (χ1v) is 10.8. The number of carbonyl (C=O) groups excluding carboxylic acids is 1. The molecule has 0 radical (unpaired) electrons. The summed E-state index contributed by atoms with van der Waals surface area (Å²) < 4.78 is 27.4. The highest BCUT2D eigenvalue weighted by Crippen LogP contribution is 2.25. The van der Waals surface area contributed by atoms with Gasteiger partial charge in [-0.05, 0) is 43.9 Å². The van der Waals surface area contributed by atoms with Gasteiger partial charge in [0.2, 0.25) is 10.0 Å². The SMILES string of the molecule is CCC(C)C(NC(=O)c1cccc(S(=O)(=O)N2CCCCC2C)c1)C(=O)O. The molecule has 0 aromatic heterocycles. The number of nitrogens with zero attached hydrogens (tertiary/aromatic N) is 1. The highest BCUT2D eigenvalue weighted by molar-refractivity contribution is 7.89. The number of hydrogen-bond donors (Lipinski definition) is 2. The number of aliphatic carboxylic acids is 1. The summed E-state index contributed by atoms with van der Waals surface area (Å²) >= 11 is 0. The van der Waals surface area contributed by atoms with E-state index in [1.165, 1.54) is 28.6 Å². The summed E-state index contributed by atoms with van der Waals surface area (Å²) in [6, 6.07) is 4.69. The summed E-state index contributed by atoms with van der Waals surface area (Å²) in [5, 5.41) is 11.8. The lowest BCUT2D eigenvalue weighted by molar-refractivity contribution is -0.140. The van der Waals surface area contributed by atoms with Crippen LogP contribution in [0, 0.1) is 5.92 Å². The lowest BCUT2D eigenvalue weighted by Crippen LogP contribution is -2.45. The molecule has 1 heterocycles. The third-order valence-electron chi connectivity index (χ3n) is 5.21. The summed E-state index contributed by atoms with van der Waals surface area (Å²) in [6.45, 7) is 5.95. The van der Waals surface area contributed by atoms with E-state index in [0.29, 0.717) is 13.0 Å². The van der Waals surface area contributed by atoms with Gasteiger partial charge in [0.1, 0.15) is 6.04 Å². The average Bonchev–Trinajstić information content (AvgIpc) is 2.65. The number of carboxylic acids is 1. The standard InChI is InChI=1S/C19H28N2O5S/c1-4-13(2)17(19(23)24)20-18(22)15-9-7-10-16(12-15)27(25,26)21-11-6-5-8-14(21)3/h7,9-10,12-14,17H,4-6,8,11H2,1-3H3,(H,20,22)(H,23,24). The van der Waals surface area contributed by atoms with Crippen molar-refractivity contribution in [2.24, 2.45) is 5.92 Å². The minimum absolute atomic E-state index is 0.0549. The number of sulfonamides is 1. The zero-order chi connectivity index (χ0) is 20.2. The predicted molar refractivity (Wildman–Crippen MR) is 102 cm³/mol. The molecule has 0 saturated carbocycles. The number of hydrogen-bond acceptors (Lipinski definition) is 4. The fourth-order valence-corrected chi connectivity index (χ4v) is 5.02. The Hall–Kier alpha value is -1.93. The predicted octanol–water partition coefficient (Wildman–Crippen LogP) is 2.48. The topological polar surface area (TPSA) is 104 Å². The van der Waals surface area contributed by atoms with Crippen LogP contribution in [-0.2, 0) is 14.8 Å². The van der Waals surface area contributed by atoms with E-state index in [1.807, 2.05) is 13.8 Å². The molecule has 1 aromatic rings. The Labute approximate surface area is 160 Å². The van der Waals surface area contributed by atoms with Gasteiger partial charge in [-0.2, -0.15) is 4.31 Å². The molecular formula is C19H28N2O5S. The molecule has 1 aliphatic rings. The highest BCUT2D eigenvalue weighted by atomic mass is 32.2. The second kappa shape index (κ2) is 8.84. The normalized spacial score (nSPS) is 20.6. The molecule has 0 bridgehead atoms. The van der Waals surface area contributed by atoms with Crippen LogP contribution in [0.1, 0.15) is 56.8 Å². The summed E-state index contributed by atoms with van der Waals surface area (Å²) in [6.07, 6.45) is 3.23. The smallest absolute Gasteiger partial charge is 0.326 e. The zero-order valence-corrected chi connectivity index (χ0v) is 16.8. The van der Waals surface area contributed by atoms with Crippen molar-refractivity contribution in [2.45, 2.75) is 63.4 Å². The third-order valence-corrected chi connectivity index (χ3v) is 7.22. The first-order chi connectivity index (χ1) is 12.7. The van der Waals surface area contributed by atoms with E-state index in [9.17, 15) is 23.1 Å². The molecule has 3 unspecified atom stereocenters. The van der Waals surface area contributed by atoms with E-state index >= 15 is 0 Å². The van der Waals surface area contributed by atoms with Gasteiger partial charge in [0.25, 0.3) is 5.91 Å². The molecule has 2 N–H and O–H groups in total. The molecule has 1 amide bonds. The molecular weight excluding hydrogens is 368 g/mol. The maximum Gasteiger partial charge on any atom is 0.326 e. The van der Waals surface area contributed by atoms with Gasteiger partial charge in [0.05, 0.1) is 4.90 Å². The first kappa shape index (κ1) is 21.4. The van der Waals surface area contributed by atoms with Crippen LogP contribution in [0.5, 0.6) is 0 Å². The number of carboxylic acid groups (broad SMARTS) is 1. The second-order valence-corrected chi connectivity index (χ2v) is 9.05. The molecule has 27 heavy (non-hydrogen) atoms. The number of carbonyl (C=O) groups is 2. The van der Waals surface area contributed by atoms with Crippen LogP contribution in [-0.4, -0.2) is 48.3 Å². The van der Waals surface area contributed by atoms with Gasteiger partial charge < -0.3 is 10.4 Å². The first-order valence-electron chi connectivity index (χ1n) is 9.34. The molecule has 3 atom stereocenters. The van der Waals surface area contributed by atoms with Crippen molar-refractivity contribution in [3.8, 4) is 0 Å². The van der Waals surface area contributed by atoms with Gasteiger partial charge in [0.15, 0.2) is 0 Å². The fraction of sp³-hybridized carbons (Fsp3) is 0.579. The Kier molecular flexibility index (Phi) is 7.00. The van der Waals surface area contributed by atoms with Gasteiger partial charge in [-0.15, -0.1) is 0 Å². The monoisotopic (exact) mass is 396 g/mol. The molecule has 1 aromatic carbocycles. The zero-order valence-electron chi connectivity index (χ0n) is 16.0. The summed E-state index contributed by atoms with van der Waals surface area (Å²) in [4.78, 5) is 24.0. The minimum atomic E-state index is -3.70. The van der Waals surface area contributed by atoms with Crippen LogP contribution in [0.25, 0.3) is 0 Å². The Morgan fingerprint density at radius 1 is 1.33 bits per heavy atom. The van der Waals surface area contributed by atoms with Crippen LogP contribution < -0.4 is 5.32 Å². The number of nitrogens with one attached hydrogen (secondary N) is 1. The van der Waals surface area contributed by atoms with Crippen LogP contribution in [0.2, 0.25) is 0 Å². The van der Waals surface area contributed by atoms with Crippen LogP contribution in [0.15, 0.2) is 29.2 Å². The molecule has 1 saturated heterocycles. The molecule has 150 valence electrons. The summed E-state index contributed by atoms with van der Waals surface area (Å²) in [7, 11) is -3.70. The van der Waals surface area contributed by atoms with Crippen LogP contribution in [0.4, 0.5) is 0 Å². The van der Waals surface area contributed by atoms with Crippen molar-refractivity contribution in [1.29, 1.82) is 0 Å². The molecule has 7 nitrogen and oxygen atoms in total. The van der Waals surface area contributed by atoms with Crippen molar-refractivity contribution >= 4 is 21.9 Å². The highest BCUT2D eigenvalue weighted by Gasteiger charge is 2.32. The van der Waals surface area contributed by atoms with Crippen molar-refractivity contribution < 1.29 is 23.1 Å². The van der Waals surface area contributed by atoms with Gasteiger partial charge >= 0.3 is 5.97 Å². The quantitative estimate of drug-likeness (QED) is 0.737. The number of rotatable bonds is 7. The molecule has 1 fully saturated rings. The Bertz CT molecular complexity index is 793. The molecule has 1 aliphatic heterocycles. The molecule has 8 heteroatoms. The molecule has 0 spiro atoms. The van der Waals surface area contributed by atoms with Crippen molar-refractivity contribution in [3.63, 3.8) is 0 Å². The third kappa shape index (κ3) is 4.87. The van der Waals surface area contributed by atoms with Crippen molar-refractivity contribution in [3.05, 3.63) is 29.8 Å². The van der Waals surface area contributed by atoms with Crippen LogP contribution >= 0.6 is 0 Å². The number of amides is 1. The maximum absolute atomic E-state index is 13.0. The lowest BCUT2D eigenvalue weighted by atomic mass is 9.99. The number of benzene rings is 1. The van der Waals surface area contributed by atoms with E-state index in [4.69, 9.17) is 0 Å². The minimum Gasteiger partial charge on any atom is -0.480 e. The van der Waals surface area contributed by atoms with Gasteiger partial charge in [0, 0.05) is 18.2 Å². The molecule has 0 aliphatic carbocycles. The van der Waals surface area contributed by atoms with Gasteiger partial charge in [-0.1, -0.05) is 32.8 Å². The Balaban J connectivity index is 2.26. The Morgan fingerprint density at radius 3 is 2.63 bits per heavy atom. The van der Waals surface area contributed by atoms with E-state index in [-0.39, 0.29) is 22.4 Å². The van der Waals surface area contributed by atoms with Crippen LogP contribution in [0.3, 0.4) is 0 Å².